The van der Waals surface area contributed by atoms with Crippen molar-refractivity contribution in [1.82, 2.24) is 4.57 Å². The van der Waals surface area contributed by atoms with E-state index in [1.54, 1.807) is 23.6 Å². The average molecular weight is 368 g/mol. The highest BCUT2D eigenvalue weighted by atomic mass is 32.1. The molecule has 0 aliphatic rings. The largest absolute Gasteiger partial charge is 0.480 e. The first-order valence-corrected chi connectivity index (χ1v) is 9.25. The number of aromatic nitrogens is 1. The minimum absolute atomic E-state index is 0.376. The van der Waals surface area contributed by atoms with E-state index in [4.69, 9.17) is 0 Å². The molecule has 1 amide bonds. The van der Waals surface area contributed by atoms with Crippen LogP contribution in [0.2, 0.25) is 0 Å². The lowest BCUT2D eigenvalue weighted by atomic mass is 10.1. The smallest absolute Gasteiger partial charge is 0.326 e. The van der Waals surface area contributed by atoms with Crippen molar-refractivity contribution < 1.29 is 14.7 Å². The molecule has 5 nitrogen and oxygen atoms in total. The third kappa shape index (κ3) is 3.46. The number of amides is 1. The van der Waals surface area contributed by atoms with Crippen molar-refractivity contribution in [2.75, 3.05) is 0 Å². The van der Waals surface area contributed by atoms with E-state index in [0.717, 1.165) is 27.8 Å². The van der Waals surface area contributed by atoms with Gasteiger partial charge < -0.3 is 9.67 Å². The molecule has 1 heterocycles. The fraction of sp³-hybridized carbons (Fsp3) is 0.250. The normalized spacial score (nSPS) is 13.1. The number of benzene rings is 2. The molecule has 1 atom stereocenters. The van der Waals surface area contributed by atoms with Crippen LogP contribution < -0.4 is 4.80 Å². The van der Waals surface area contributed by atoms with Crippen LogP contribution in [0.4, 0.5) is 0 Å². The first-order chi connectivity index (χ1) is 12.4. The average Bonchev–Trinajstić information content (AvgIpc) is 2.97. The number of aryl methyl sites for hydroxylation is 2. The van der Waals surface area contributed by atoms with Crippen molar-refractivity contribution in [3.05, 3.63) is 64.0 Å². The molecule has 2 aromatic carbocycles. The predicted molar refractivity (Wildman–Crippen MR) is 103 cm³/mol. The van der Waals surface area contributed by atoms with Crippen LogP contribution >= 0.6 is 11.3 Å². The number of rotatable bonds is 4. The second-order valence-corrected chi connectivity index (χ2v) is 7.22. The van der Waals surface area contributed by atoms with Gasteiger partial charge >= 0.3 is 5.97 Å². The molecule has 0 aliphatic carbocycles. The van der Waals surface area contributed by atoms with Crippen LogP contribution in [0.5, 0.6) is 0 Å². The topological polar surface area (TPSA) is 71.7 Å². The third-order valence-corrected chi connectivity index (χ3v) is 5.36. The van der Waals surface area contributed by atoms with E-state index in [-0.39, 0.29) is 5.91 Å². The van der Waals surface area contributed by atoms with Gasteiger partial charge in [0.25, 0.3) is 5.91 Å². The summed E-state index contributed by atoms with van der Waals surface area (Å²) in [5.41, 5.74) is 3.48. The van der Waals surface area contributed by atoms with E-state index in [1.165, 1.54) is 11.3 Å². The quantitative estimate of drug-likeness (QED) is 0.758. The molecule has 1 N–H and O–H groups in total. The van der Waals surface area contributed by atoms with Gasteiger partial charge in [-0.2, -0.15) is 4.99 Å². The van der Waals surface area contributed by atoms with Gasteiger partial charge in [0.2, 0.25) is 0 Å². The summed E-state index contributed by atoms with van der Waals surface area (Å²) in [6.07, 6.45) is 0.886. The number of thiazole rings is 1. The summed E-state index contributed by atoms with van der Waals surface area (Å²) in [6.45, 7) is 5.61. The molecule has 1 unspecified atom stereocenters. The number of carbonyl (C=O) groups is 2. The minimum Gasteiger partial charge on any atom is -0.480 e. The van der Waals surface area contributed by atoms with Gasteiger partial charge in [0.1, 0.15) is 6.04 Å². The van der Waals surface area contributed by atoms with Crippen LogP contribution in [0.25, 0.3) is 10.2 Å². The Bertz CT molecular complexity index is 1050. The molecule has 0 saturated heterocycles. The first kappa shape index (κ1) is 18.1. The van der Waals surface area contributed by atoms with Gasteiger partial charge in [-0.1, -0.05) is 42.0 Å². The zero-order chi connectivity index (χ0) is 18.8. The summed E-state index contributed by atoms with van der Waals surface area (Å²) >= 11 is 1.34. The van der Waals surface area contributed by atoms with Crippen molar-refractivity contribution >= 4 is 33.4 Å². The Morgan fingerprint density at radius 1 is 1.19 bits per heavy atom. The van der Waals surface area contributed by atoms with E-state index in [2.05, 4.69) is 11.9 Å². The summed E-state index contributed by atoms with van der Waals surface area (Å²) in [4.78, 5) is 28.7. The van der Waals surface area contributed by atoms with Crippen LogP contribution in [0, 0.1) is 6.92 Å². The second-order valence-electron chi connectivity index (χ2n) is 6.21. The summed E-state index contributed by atoms with van der Waals surface area (Å²) in [7, 11) is 0. The number of hydrogen-bond acceptors (Lipinski definition) is 3. The van der Waals surface area contributed by atoms with Gasteiger partial charge in [0.15, 0.2) is 4.80 Å². The molecule has 1 aromatic heterocycles. The van der Waals surface area contributed by atoms with E-state index < -0.39 is 12.0 Å². The zero-order valence-corrected chi connectivity index (χ0v) is 15.7. The lowest BCUT2D eigenvalue weighted by Crippen LogP contribution is -2.25. The van der Waals surface area contributed by atoms with Gasteiger partial charge in [0.05, 0.1) is 10.2 Å². The molecular weight excluding hydrogens is 348 g/mol. The maximum absolute atomic E-state index is 12.5. The third-order valence-electron chi connectivity index (χ3n) is 4.34. The summed E-state index contributed by atoms with van der Waals surface area (Å²) in [5, 5.41) is 9.48. The minimum atomic E-state index is -0.964. The van der Waals surface area contributed by atoms with Crippen molar-refractivity contribution in [1.29, 1.82) is 0 Å². The van der Waals surface area contributed by atoms with Gasteiger partial charge in [-0.15, -0.1) is 0 Å². The Balaban J connectivity index is 2.19. The van der Waals surface area contributed by atoms with E-state index in [9.17, 15) is 14.7 Å². The number of hydrogen-bond donors (Lipinski definition) is 1. The Kier molecular flexibility index (Phi) is 5.04. The molecule has 0 radical (unpaired) electrons. The number of nitrogens with zero attached hydrogens (tertiary/aromatic N) is 2. The molecule has 3 rings (SSSR count). The molecule has 0 fully saturated rings. The van der Waals surface area contributed by atoms with Crippen molar-refractivity contribution in [3.8, 4) is 0 Å². The molecule has 26 heavy (non-hydrogen) atoms. The standard InChI is InChI=1S/C20H20N2O3S/c1-4-14-7-10-16-17(11-14)26-20(22(16)13(3)19(24)25)21-18(23)15-8-5-12(2)6-9-15/h5-11,13H,4H2,1-3H3,(H,24,25). The number of fused-ring (bicyclic) bond motifs is 1. The molecule has 0 aliphatic heterocycles. The van der Waals surface area contributed by atoms with Crippen LogP contribution in [-0.4, -0.2) is 21.6 Å². The number of aliphatic carboxylic acids is 1. The van der Waals surface area contributed by atoms with Crippen molar-refractivity contribution in [3.63, 3.8) is 0 Å². The lowest BCUT2D eigenvalue weighted by molar-refractivity contribution is -0.140. The summed E-state index contributed by atoms with van der Waals surface area (Å²) in [5.74, 6) is -1.34. The summed E-state index contributed by atoms with van der Waals surface area (Å²) < 4.78 is 2.54. The number of carboxylic acids is 1. The highest BCUT2D eigenvalue weighted by Gasteiger charge is 2.19. The molecular formula is C20H20N2O3S. The highest BCUT2D eigenvalue weighted by molar-refractivity contribution is 7.16. The van der Waals surface area contributed by atoms with Crippen molar-refractivity contribution in [2.45, 2.75) is 33.2 Å². The monoisotopic (exact) mass is 368 g/mol. The Hall–Kier alpha value is -2.73. The van der Waals surface area contributed by atoms with Gasteiger partial charge in [0, 0.05) is 5.56 Å². The summed E-state index contributed by atoms with van der Waals surface area (Å²) in [6, 6.07) is 12.3. The van der Waals surface area contributed by atoms with Gasteiger partial charge in [-0.05, 0) is 50.1 Å². The highest BCUT2D eigenvalue weighted by Crippen LogP contribution is 2.23. The predicted octanol–water partition coefficient (Wildman–Crippen LogP) is 3.96. The van der Waals surface area contributed by atoms with Crippen LogP contribution in [0.3, 0.4) is 0 Å². The molecule has 0 saturated carbocycles. The molecule has 0 spiro atoms. The van der Waals surface area contributed by atoms with Crippen molar-refractivity contribution in [2.24, 2.45) is 4.99 Å². The second kappa shape index (κ2) is 7.25. The maximum Gasteiger partial charge on any atom is 0.326 e. The molecule has 3 aromatic rings. The SMILES string of the molecule is CCc1ccc2c(c1)sc(=NC(=O)c1ccc(C)cc1)n2C(C)C(=O)O. The van der Waals surface area contributed by atoms with E-state index in [1.807, 2.05) is 37.3 Å². The number of carbonyl (C=O) groups excluding carboxylic acids is 1. The Labute approximate surface area is 155 Å². The van der Waals surface area contributed by atoms with Gasteiger partial charge in [-0.3, -0.25) is 4.79 Å². The van der Waals surface area contributed by atoms with E-state index >= 15 is 0 Å². The molecule has 6 heteroatoms. The van der Waals surface area contributed by atoms with Crippen LogP contribution in [0.1, 0.15) is 41.4 Å². The van der Waals surface area contributed by atoms with Crippen LogP contribution in [0.15, 0.2) is 47.5 Å². The zero-order valence-electron chi connectivity index (χ0n) is 14.9. The lowest BCUT2D eigenvalue weighted by Gasteiger charge is -2.10. The maximum atomic E-state index is 12.5. The fourth-order valence-corrected chi connectivity index (χ4v) is 3.88. The number of carboxylic acid groups (broad SMARTS) is 1. The van der Waals surface area contributed by atoms with Crippen LogP contribution in [-0.2, 0) is 11.2 Å². The first-order valence-electron chi connectivity index (χ1n) is 8.43. The Morgan fingerprint density at radius 2 is 1.88 bits per heavy atom. The Morgan fingerprint density at radius 3 is 2.50 bits per heavy atom. The fourth-order valence-electron chi connectivity index (χ4n) is 2.72. The van der Waals surface area contributed by atoms with E-state index in [0.29, 0.717) is 10.4 Å². The molecule has 134 valence electrons. The van der Waals surface area contributed by atoms with Gasteiger partial charge in [-0.25, -0.2) is 4.79 Å². The molecule has 0 bridgehead atoms.